The molecule has 0 fully saturated rings. The lowest BCUT2D eigenvalue weighted by Crippen LogP contribution is -2.25. The van der Waals surface area contributed by atoms with E-state index in [4.69, 9.17) is 11.0 Å². The largest absolute Gasteiger partial charge is 0.325 e. The van der Waals surface area contributed by atoms with Crippen molar-refractivity contribution in [1.82, 2.24) is 0 Å². The second kappa shape index (κ2) is 7.82. The molecule has 1 atom stereocenters. The number of nitriles is 2. The predicted molar refractivity (Wildman–Crippen MR) is 94.9 cm³/mol. The summed E-state index contributed by atoms with van der Waals surface area (Å²) < 4.78 is 0.862. The monoisotopic (exact) mass is 402 g/mol. The van der Waals surface area contributed by atoms with Crippen LogP contribution in [0.3, 0.4) is 0 Å². The molecular formula is C16H13BrN5OS+. The van der Waals surface area contributed by atoms with Crippen LogP contribution in [-0.2, 0) is 4.79 Å². The molecule has 4 N–H and O–H groups in total. The van der Waals surface area contributed by atoms with Gasteiger partial charge in [0.1, 0.15) is 23.3 Å². The Morgan fingerprint density at radius 2 is 2.04 bits per heavy atom. The first-order chi connectivity index (χ1) is 11.4. The number of benzene rings is 1. The average Bonchev–Trinajstić information content (AvgIpc) is 2.55. The van der Waals surface area contributed by atoms with E-state index >= 15 is 0 Å². The summed E-state index contributed by atoms with van der Waals surface area (Å²) >= 11 is 4.51. The van der Waals surface area contributed by atoms with Crippen molar-refractivity contribution in [3.05, 3.63) is 45.9 Å². The van der Waals surface area contributed by atoms with Crippen LogP contribution in [0, 0.1) is 22.7 Å². The molecule has 120 valence electrons. The fraction of sp³-hybridized carbons (Fsp3) is 0.125. The molecule has 0 radical (unpaired) electrons. The number of carbonyl (C=O) groups is 1. The number of amides is 1. The van der Waals surface area contributed by atoms with Crippen molar-refractivity contribution in [1.29, 1.82) is 10.5 Å². The summed E-state index contributed by atoms with van der Waals surface area (Å²) in [5.41, 5.74) is 6.88. The molecule has 0 saturated heterocycles. The van der Waals surface area contributed by atoms with E-state index in [2.05, 4.69) is 26.2 Å². The number of nitrogens with zero attached hydrogens (tertiary/aromatic N) is 2. The first kappa shape index (κ1) is 17.8. The summed E-state index contributed by atoms with van der Waals surface area (Å²) in [6.45, 7) is 1.72. The van der Waals surface area contributed by atoms with Crippen LogP contribution in [0.25, 0.3) is 0 Å². The van der Waals surface area contributed by atoms with Gasteiger partial charge in [0.05, 0.1) is 5.25 Å². The molecule has 2 rings (SSSR count). The topological polar surface area (TPSA) is 117 Å². The SMILES string of the molecule is C[C@H](Sc1[nH+]c(N)c(C#N)cc1C#N)C(=O)Nc1cccc(Br)c1. The first-order valence-electron chi connectivity index (χ1n) is 6.83. The zero-order chi connectivity index (χ0) is 17.7. The number of hydrogen-bond donors (Lipinski definition) is 2. The number of hydrogen-bond acceptors (Lipinski definition) is 5. The van der Waals surface area contributed by atoms with Crippen molar-refractivity contribution in [2.24, 2.45) is 0 Å². The smallest absolute Gasteiger partial charge is 0.289 e. The lowest BCUT2D eigenvalue weighted by Gasteiger charge is -2.11. The van der Waals surface area contributed by atoms with E-state index in [0.29, 0.717) is 10.7 Å². The molecule has 1 amide bonds. The van der Waals surface area contributed by atoms with E-state index in [-0.39, 0.29) is 22.9 Å². The number of aromatic amines is 1. The second-order valence-electron chi connectivity index (χ2n) is 4.82. The van der Waals surface area contributed by atoms with Gasteiger partial charge in [-0.2, -0.15) is 10.5 Å². The van der Waals surface area contributed by atoms with Crippen LogP contribution in [0.1, 0.15) is 18.1 Å². The van der Waals surface area contributed by atoms with Gasteiger partial charge in [-0.25, -0.2) is 4.98 Å². The highest BCUT2D eigenvalue weighted by Crippen LogP contribution is 2.25. The third-order valence-electron chi connectivity index (χ3n) is 3.07. The zero-order valence-corrected chi connectivity index (χ0v) is 15.0. The molecule has 0 unspecified atom stereocenters. The minimum atomic E-state index is -0.473. The second-order valence-corrected chi connectivity index (χ2v) is 7.09. The van der Waals surface area contributed by atoms with E-state index < -0.39 is 5.25 Å². The Labute approximate surface area is 151 Å². The van der Waals surface area contributed by atoms with Gasteiger partial charge in [-0.15, -0.1) is 0 Å². The molecular weight excluding hydrogens is 390 g/mol. The predicted octanol–water partition coefficient (Wildman–Crippen LogP) is 2.71. The average molecular weight is 403 g/mol. The van der Waals surface area contributed by atoms with Gasteiger partial charge in [0.15, 0.2) is 5.03 Å². The molecule has 1 aromatic carbocycles. The van der Waals surface area contributed by atoms with Crippen molar-refractivity contribution in [3.63, 3.8) is 0 Å². The van der Waals surface area contributed by atoms with Gasteiger partial charge in [-0.05, 0) is 31.2 Å². The van der Waals surface area contributed by atoms with Crippen LogP contribution < -0.4 is 16.0 Å². The van der Waals surface area contributed by atoms with Crippen LogP contribution in [0.2, 0.25) is 0 Å². The number of aromatic nitrogens is 1. The molecule has 0 saturated carbocycles. The maximum Gasteiger partial charge on any atom is 0.289 e. The quantitative estimate of drug-likeness (QED) is 0.762. The van der Waals surface area contributed by atoms with E-state index in [1.165, 1.54) is 17.8 Å². The fourth-order valence-corrected chi connectivity index (χ4v) is 3.17. The van der Waals surface area contributed by atoms with E-state index in [1.54, 1.807) is 19.1 Å². The maximum absolute atomic E-state index is 12.3. The van der Waals surface area contributed by atoms with Crippen LogP contribution in [-0.4, -0.2) is 11.2 Å². The van der Waals surface area contributed by atoms with Crippen LogP contribution in [0.4, 0.5) is 11.5 Å². The number of anilines is 2. The summed E-state index contributed by atoms with van der Waals surface area (Å²) in [5.74, 6) is -0.0445. The van der Waals surface area contributed by atoms with Crippen molar-refractivity contribution in [2.45, 2.75) is 17.2 Å². The standard InChI is InChI=1S/C16H12BrN5OS/c1-9(15(23)21-13-4-2-3-12(17)6-13)24-16-11(8-19)5-10(7-18)14(20)22-16/h2-6,9H,1H3,(H2,20,22)(H,21,23)/p+1/t9-/m0/s1. The molecule has 24 heavy (non-hydrogen) atoms. The van der Waals surface area contributed by atoms with E-state index in [1.807, 2.05) is 24.3 Å². The van der Waals surface area contributed by atoms with E-state index in [0.717, 1.165) is 4.47 Å². The number of halogens is 1. The molecule has 0 spiro atoms. The van der Waals surface area contributed by atoms with Crippen molar-refractivity contribution in [3.8, 4) is 12.1 Å². The molecule has 1 aromatic heterocycles. The van der Waals surface area contributed by atoms with Gasteiger partial charge in [0.2, 0.25) is 5.91 Å². The van der Waals surface area contributed by atoms with E-state index in [9.17, 15) is 10.1 Å². The number of rotatable bonds is 4. The Bertz CT molecular complexity index is 872. The Hall–Kier alpha value is -2.55. The number of thioether (sulfide) groups is 1. The van der Waals surface area contributed by atoms with Gasteiger partial charge in [0.25, 0.3) is 5.82 Å². The highest BCUT2D eigenvalue weighted by Gasteiger charge is 2.21. The highest BCUT2D eigenvalue weighted by atomic mass is 79.9. The number of nitrogens with two attached hydrogens (primary N) is 1. The Kier molecular flexibility index (Phi) is 5.80. The number of nitrogens with one attached hydrogen (secondary N) is 2. The lowest BCUT2D eigenvalue weighted by atomic mass is 10.2. The molecule has 1 heterocycles. The molecule has 8 heteroatoms. The number of carbonyl (C=O) groups excluding carboxylic acids is 1. The Balaban J connectivity index is 2.16. The summed E-state index contributed by atoms with van der Waals surface area (Å²) in [7, 11) is 0. The summed E-state index contributed by atoms with van der Waals surface area (Å²) in [4.78, 5) is 15.1. The molecule has 0 aliphatic heterocycles. The molecule has 0 aliphatic rings. The normalized spacial score (nSPS) is 11.2. The molecule has 0 bridgehead atoms. The number of nitrogen functional groups attached to an aromatic ring is 1. The van der Waals surface area contributed by atoms with Gasteiger partial charge in [-0.3, -0.25) is 10.5 Å². The Morgan fingerprint density at radius 3 is 2.67 bits per heavy atom. The summed E-state index contributed by atoms with van der Waals surface area (Å²) in [6, 6.07) is 12.6. The number of pyridine rings is 1. The minimum absolute atomic E-state index is 0.165. The molecule has 0 aliphatic carbocycles. The zero-order valence-electron chi connectivity index (χ0n) is 12.6. The number of H-pyrrole nitrogens is 1. The lowest BCUT2D eigenvalue weighted by molar-refractivity contribution is -0.410. The molecule has 2 aromatic rings. The van der Waals surface area contributed by atoms with Crippen LogP contribution in [0.15, 0.2) is 39.8 Å². The maximum atomic E-state index is 12.3. The van der Waals surface area contributed by atoms with Crippen molar-refractivity contribution in [2.75, 3.05) is 11.1 Å². The third-order valence-corrected chi connectivity index (χ3v) is 4.69. The van der Waals surface area contributed by atoms with Crippen LogP contribution >= 0.6 is 27.7 Å². The fourth-order valence-electron chi connectivity index (χ4n) is 1.85. The first-order valence-corrected chi connectivity index (χ1v) is 8.51. The van der Waals surface area contributed by atoms with Crippen molar-refractivity contribution < 1.29 is 9.78 Å². The highest BCUT2D eigenvalue weighted by molar-refractivity contribution is 9.10. The van der Waals surface area contributed by atoms with Gasteiger partial charge >= 0.3 is 0 Å². The van der Waals surface area contributed by atoms with Crippen LogP contribution in [0.5, 0.6) is 0 Å². The van der Waals surface area contributed by atoms with Gasteiger partial charge in [0, 0.05) is 10.2 Å². The summed E-state index contributed by atoms with van der Waals surface area (Å²) in [5, 5.41) is 20.9. The molecule has 6 nitrogen and oxygen atoms in total. The van der Waals surface area contributed by atoms with Gasteiger partial charge < -0.3 is 5.32 Å². The summed E-state index contributed by atoms with van der Waals surface area (Å²) in [6.07, 6.45) is 0. The minimum Gasteiger partial charge on any atom is -0.325 e. The Morgan fingerprint density at radius 1 is 1.33 bits per heavy atom. The van der Waals surface area contributed by atoms with Crippen molar-refractivity contribution >= 4 is 45.1 Å². The van der Waals surface area contributed by atoms with Gasteiger partial charge in [-0.1, -0.05) is 33.8 Å². The third kappa shape index (κ3) is 4.25.